The molecule has 0 saturated carbocycles. The lowest BCUT2D eigenvalue weighted by atomic mass is 10.1. The highest BCUT2D eigenvalue weighted by Gasteiger charge is 2.23. The number of hydrogen-bond acceptors (Lipinski definition) is 4. The van der Waals surface area contributed by atoms with Gasteiger partial charge in [0.2, 0.25) is 5.03 Å². The van der Waals surface area contributed by atoms with Gasteiger partial charge in [-0.1, -0.05) is 17.7 Å². The summed E-state index contributed by atoms with van der Waals surface area (Å²) in [4.78, 5) is 0. The minimum Gasteiger partial charge on any atom is -0.392 e. The van der Waals surface area contributed by atoms with E-state index in [0.717, 1.165) is 11.1 Å². The number of aliphatic hydroxyl groups is 1. The Morgan fingerprint density at radius 2 is 2.00 bits per heavy atom. The molecule has 0 amide bonds. The Morgan fingerprint density at radius 3 is 2.60 bits per heavy atom. The highest BCUT2D eigenvalue weighted by atomic mass is 32.2. The molecule has 0 aliphatic carbocycles. The topological polar surface area (TPSA) is 95.1 Å². The number of nitrogens with one attached hydrogen (secondary N) is 2. The zero-order chi connectivity index (χ0) is 14.9. The Morgan fingerprint density at radius 1 is 1.30 bits per heavy atom. The van der Waals surface area contributed by atoms with Crippen molar-refractivity contribution in [2.75, 3.05) is 4.72 Å². The van der Waals surface area contributed by atoms with Crippen LogP contribution in [0.2, 0.25) is 0 Å². The molecule has 1 aromatic carbocycles. The summed E-state index contributed by atoms with van der Waals surface area (Å²) in [6.45, 7) is 5.04. The molecule has 7 heteroatoms. The first kappa shape index (κ1) is 14.5. The van der Waals surface area contributed by atoms with Gasteiger partial charge in [-0.3, -0.25) is 9.82 Å². The van der Waals surface area contributed by atoms with Crippen LogP contribution in [0.25, 0.3) is 0 Å². The zero-order valence-electron chi connectivity index (χ0n) is 11.6. The normalized spacial score (nSPS) is 11.6. The fourth-order valence-electron chi connectivity index (χ4n) is 1.96. The molecule has 3 N–H and O–H groups in total. The number of sulfonamides is 1. The smallest absolute Gasteiger partial charge is 0.281 e. The van der Waals surface area contributed by atoms with Crippen molar-refractivity contribution in [1.29, 1.82) is 0 Å². The molecule has 0 aliphatic rings. The van der Waals surface area contributed by atoms with E-state index in [1.807, 2.05) is 26.0 Å². The summed E-state index contributed by atoms with van der Waals surface area (Å²) in [5.74, 6) is 0. The number of anilines is 1. The Hall–Kier alpha value is -1.86. The molecule has 2 rings (SSSR count). The number of benzene rings is 1. The molecule has 0 spiro atoms. The second-order valence-electron chi connectivity index (χ2n) is 4.71. The minimum absolute atomic E-state index is 0.169. The quantitative estimate of drug-likeness (QED) is 0.799. The highest BCUT2D eigenvalue weighted by Crippen LogP contribution is 2.22. The Bertz CT molecular complexity index is 735. The van der Waals surface area contributed by atoms with Gasteiger partial charge in [0.15, 0.2) is 0 Å². The third-order valence-corrected chi connectivity index (χ3v) is 4.41. The standard InChI is InChI=1S/C13H17N3O3S/c1-8-4-5-12(9(2)6-8)16-20(18,19)13-11(7-17)10(3)14-15-13/h4-6,16-17H,7H2,1-3H3,(H,14,15). The molecule has 0 atom stereocenters. The van der Waals surface area contributed by atoms with Crippen LogP contribution < -0.4 is 4.72 Å². The van der Waals surface area contributed by atoms with Crippen LogP contribution in [-0.4, -0.2) is 23.7 Å². The predicted octanol–water partition coefficient (Wildman–Crippen LogP) is 1.63. The van der Waals surface area contributed by atoms with Gasteiger partial charge in [0.1, 0.15) is 0 Å². The molecule has 1 aromatic heterocycles. The summed E-state index contributed by atoms with van der Waals surface area (Å²) in [6.07, 6.45) is 0. The Kier molecular flexibility index (Phi) is 3.82. The van der Waals surface area contributed by atoms with E-state index in [1.165, 1.54) is 0 Å². The summed E-state index contributed by atoms with van der Waals surface area (Å²) < 4.78 is 27.2. The van der Waals surface area contributed by atoms with Crippen molar-refractivity contribution in [3.8, 4) is 0 Å². The molecule has 0 radical (unpaired) electrons. The molecule has 20 heavy (non-hydrogen) atoms. The van der Waals surface area contributed by atoms with Gasteiger partial charge < -0.3 is 5.11 Å². The number of aromatic nitrogens is 2. The lowest BCUT2D eigenvalue weighted by molar-refractivity contribution is 0.277. The highest BCUT2D eigenvalue weighted by molar-refractivity contribution is 7.92. The third kappa shape index (κ3) is 2.68. The van der Waals surface area contributed by atoms with Crippen molar-refractivity contribution in [2.45, 2.75) is 32.4 Å². The van der Waals surface area contributed by atoms with Crippen molar-refractivity contribution in [3.63, 3.8) is 0 Å². The van der Waals surface area contributed by atoms with Crippen LogP contribution in [0.4, 0.5) is 5.69 Å². The molecule has 6 nitrogen and oxygen atoms in total. The van der Waals surface area contributed by atoms with Crippen LogP contribution in [0.15, 0.2) is 23.2 Å². The fraction of sp³-hybridized carbons (Fsp3) is 0.308. The van der Waals surface area contributed by atoms with E-state index in [1.54, 1.807) is 13.0 Å². The van der Waals surface area contributed by atoms with Crippen molar-refractivity contribution in [3.05, 3.63) is 40.6 Å². The van der Waals surface area contributed by atoms with Gasteiger partial charge >= 0.3 is 0 Å². The van der Waals surface area contributed by atoms with Gasteiger partial charge in [0.25, 0.3) is 10.0 Å². The summed E-state index contributed by atoms with van der Waals surface area (Å²) in [6, 6.07) is 5.43. The Labute approximate surface area is 117 Å². The van der Waals surface area contributed by atoms with E-state index in [4.69, 9.17) is 0 Å². The number of aliphatic hydroxyl groups excluding tert-OH is 1. The molecule has 0 fully saturated rings. The van der Waals surface area contributed by atoms with E-state index in [-0.39, 0.29) is 17.2 Å². The second-order valence-corrected chi connectivity index (χ2v) is 6.31. The summed E-state index contributed by atoms with van der Waals surface area (Å²) in [5, 5.41) is 15.4. The molecular weight excluding hydrogens is 278 g/mol. The molecule has 0 bridgehead atoms. The van der Waals surface area contributed by atoms with E-state index in [2.05, 4.69) is 14.9 Å². The van der Waals surface area contributed by atoms with Gasteiger partial charge in [-0.2, -0.15) is 13.5 Å². The van der Waals surface area contributed by atoms with E-state index < -0.39 is 10.0 Å². The Balaban J connectivity index is 2.41. The van der Waals surface area contributed by atoms with Gasteiger partial charge in [0, 0.05) is 11.3 Å². The number of aromatic amines is 1. The average Bonchev–Trinajstić information content (AvgIpc) is 2.74. The number of hydrogen-bond donors (Lipinski definition) is 3. The number of rotatable bonds is 4. The first-order chi connectivity index (χ1) is 9.35. The molecular formula is C13H17N3O3S. The van der Waals surface area contributed by atoms with E-state index >= 15 is 0 Å². The maximum atomic E-state index is 12.3. The van der Waals surface area contributed by atoms with Crippen LogP contribution in [0.3, 0.4) is 0 Å². The zero-order valence-corrected chi connectivity index (χ0v) is 12.4. The SMILES string of the molecule is Cc1ccc(NS(=O)(=O)c2n[nH]c(C)c2CO)c(C)c1. The maximum Gasteiger partial charge on any atom is 0.281 e. The average molecular weight is 295 g/mol. The number of aryl methyl sites for hydroxylation is 3. The largest absolute Gasteiger partial charge is 0.392 e. The summed E-state index contributed by atoms with van der Waals surface area (Å²) >= 11 is 0. The first-order valence-electron chi connectivity index (χ1n) is 6.10. The summed E-state index contributed by atoms with van der Waals surface area (Å²) in [5.41, 5.74) is 3.19. The first-order valence-corrected chi connectivity index (χ1v) is 7.58. The van der Waals surface area contributed by atoms with E-state index in [9.17, 15) is 13.5 Å². The van der Waals surface area contributed by atoms with Gasteiger partial charge in [0.05, 0.1) is 12.3 Å². The van der Waals surface area contributed by atoms with Gasteiger partial charge in [-0.25, -0.2) is 0 Å². The van der Waals surface area contributed by atoms with Gasteiger partial charge in [-0.05, 0) is 32.4 Å². The van der Waals surface area contributed by atoms with Crippen LogP contribution in [0, 0.1) is 20.8 Å². The fourth-order valence-corrected chi connectivity index (χ4v) is 3.28. The third-order valence-electron chi connectivity index (χ3n) is 3.07. The lowest BCUT2D eigenvalue weighted by Crippen LogP contribution is -2.16. The molecule has 1 heterocycles. The van der Waals surface area contributed by atoms with Gasteiger partial charge in [-0.15, -0.1) is 0 Å². The predicted molar refractivity (Wildman–Crippen MR) is 76.0 cm³/mol. The van der Waals surface area contributed by atoms with Crippen molar-refractivity contribution < 1.29 is 13.5 Å². The molecule has 0 aliphatic heterocycles. The van der Waals surface area contributed by atoms with Crippen molar-refractivity contribution >= 4 is 15.7 Å². The van der Waals surface area contributed by atoms with E-state index in [0.29, 0.717) is 11.4 Å². The van der Waals surface area contributed by atoms with Crippen LogP contribution in [0.1, 0.15) is 22.4 Å². The van der Waals surface area contributed by atoms with Crippen LogP contribution in [0.5, 0.6) is 0 Å². The van der Waals surface area contributed by atoms with Crippen LogP contribution >= 0.6 is 0 Å². The summed E-state index contributed by atoms with van der Waals surface area (Å²) in [7, 11) is -3.82. The lowest BCUT2D eigenvalue weighted by Gasteiger charge is -2.10. The monoisotopic (exact) mass is 295 g/mol. The van der Waals surface area contributed by atoms with Crippen molar-refractivity contribution in [2.24, 2.45) is 0 Å². The second kappa shape index (κ2) is 5.26. The number of H-pyrrole nitrogens is 1. The molecule has 0 unspecified atom stereocenters. The molecule has 0 saturated heterocycles. The van der Waals surface area contributed by atoms with Crippen LogP contribution in [-0.2, 0) is 16.6 Å². The minimum atomic E-state index is -3.82. The molecule has 2 aromatic rings. The van der Waals surface area contributed by atoms with Crippen molar-refractivity contribution in [1.82, 2.24) is 10.2 Å². The maximum absolute atomic E-state index is 12.3. The number of nitrogens with zero attached hydrogens (tertiary/aromatic N) is 1. The molecule has 108 valence electrons.